The monoisotopic (exact) mass is 339 g/mol. The average molecular weight is 340 g/mol. The van der Waals surface area contributed by atoms with E-state index in [1.54, 1.807) is 25.1 Å². The highest BCUT2D eigenvalue weighted by molar-refractivity contribution is 9.10. The quantitative estimate of drug-likeness (QED) is 0.848. The number of aryl methyl sites for hydroxylation is 1. The number of benzene rings is 2. The van der Waals surface area contributed by atoms with E-state index in [0.29, 0.717) is 10.0 Å². The summed E-state index contributed by atoms with van der Waals surface area (Å²) in [5, 5.41) is 3.30. The van der Waals surface area contributed by atoms with E-state index in [2.05, 4.69) is 21.2 Å². The van der Waals surface area contributed by atoms with Gasteiger partial charge in [0.25, 0.3) is 0 Å². The number of halogens is 3. The van der Waals surface area contributed by atoms with Crippen LogP contribution in [-0.2, 0) is 0 Å². The van der Waals surface area contributed by atoms with Gasteiger partial charge in [-0.15, -0.1) is 0 Å². The van der Waals surface area contributed by atoms with E-state index in [1.165, 1.54) is 12.1 Å². The van der Waals surface area contributed by atoms with Crippen molar-refractivity contribution in [2.45, 2.75) is 19.9 Å². The van der Waals surface area contributed by atoms with Crippen molar-refractivity contribution < 1.29 is 8.78 Å². The van der Waals surface area contributed by atoms with Gasteiger partial charge in [0, 0.05) is 0 Å². The summed E-state index contributed by atoms with van der Waals surface area (Å²) in [7, 11) is 0. The molecule has 0 saturated heterocycles. The molecule has 0 aliphatic carbocycles. The van der Waals surface area contributed by atoms with Gasteiger partial charge >= 0.3 is 0 Å². The molecule has 0 amide bonds. The van der Waals surface area contributed by atoms with Gasteiger partial charge < -0.3 is 5.32 Å². The van der Waals surface area contributed by atoms with E-state index >= 15 is 0 Å². The Balaban J connectivity index is 2.44. The first kappa shape index (κ1) is 15.1. The van der Waals surface area contributed by atoms with E-state index in [1.807, 2.05) is 13.0 Å². The van der Waals surface area contributed by atoms with Crippen LogP contribution < -0.4 is 5.32 Å². The third-order valence-electron chi connectivity index (χ3n) is 3.21. The van der Waals surface area contributed by atoms with Gasteiger partial charge in [0.15, 0.2) is 0 Å². The Morgan fingerprint density at radius 1 is 1.05 bits per heavy atom. The molecule has 1 nitrogen and oxygen atoms in total. The minimum atomic E-state index is -0.306. The van der Waals surface area contributed by atoms with E-state index < -0.39 is 0 Å². The second kappa shape index (κ2) is 6.46. The average Bonchev–Trinajstić information content (AvgIpc) is 2.43. The van der Waals surface area contributed by atoms with Crippen molar-refractivity contribution in [3.8, 4) is 0 Å². The minimum Gasteiger partial charge on any atom is -0.307 e. The molecule has 1 unspecified atom stereocenters. The molecule has 0 bridgehead atoms. The van der Waals surface area contributed by atoms with Gasteiger partial charge in [-0.25, -0.2) is 8.78 Å². The Morgan fingerprint density at radius 3 is 2.30 bits per heavy atom. The minimum absolute atomic E-state index is 0.160. The fraction of sp³-hybridized carbons (Fsp3) is 0.250. The molecular weight excluding hydrogens is 324 g/mol. The predicted molar refractivity (Wildman–Crippen MR) is 80.8 cm³/mol. The second-order valence-corrected chi connectivity index (χ2v) is 5.53. The fourth-order valence-corrected chi connectivity index (χ4v) is 2.51. The Morgan fingerprint density at radius 2 is 1.70 bits per heavy atom. The first-order valence-corrected chi connectivity index (χ1v) is 7.26. The summed E-state index contributed by atoms with van der Waals surface area (Å²) >= 11 is 3.19. The summed E-state index contributed by atoms with van der Waals surface area (Å²) in [5.74, 6) is -0.536. The largest absolute Gasteiger partial charge is 0.307 e. The van der Waals surface area contributed by atoms with Crippen LogP contribution in [0.4, 0.5) is 8.78 Å². The SMILES string of the molecule is CCNC(c1ccc(C)c(F)c1)c1ccc(F)c(Br)c1. The molecule has 1 N–H and O–H groups in total. The molecule has 0 radical (unpaired) electrons. The maximum Gasteiger partial charge on any atom is 0.137 e. The summed E-state index contributed by atoms with van der Waals surface area (Å²) in [4.78, 5) is 0. The summed E-state index contributed by atoms with van der Waals surface area (Å²) in [6.07, 6.45) is 0. The molecule has 0 spiro atoms. The van der Waals surface area contributed by atoms with Crippen molar-refractivity contribution in [2.75, 3.05) is 6.54 Å². The van der Waals surface area contributed by atoms with Gasteiger partial charge in [0.2, 0.25) is 0 Å². The Labute approximate surface area is 126 Å². The zero-order valence-corrected chi connectivity index (χ0v) is 13.0. The molecule has 0 fully saturated rings. The summed E-state index contributed by atoms with van der Waals surface area (Å²) < 4.78 is 27.5. The number of rotatable bonds is 4. The lowest BCUT2D eigenvalue weighted by Gasteiger charge is -2.20. The van der Waals surface area contributed by atoms with Crippen molar-refractivity contribution in [3.05, 3.63) is 69.2 Å². The molecule has 1 atom stereocenters. The maximum atomic E-state index is 13.7. The number of hydrogen-bond donors (Lipinski definition) is 1. The highest BCUT2D eigenvalue weighted by atomic mass is 79.9. The Kier molecular flexibility index (Phi) is 4.89. The summed E-state index contributed by atoms with van der Waals surface area (Å²) in [6, 6.07) is 9.86. The number of nitrogens with one attached hydrogen (secondary N) is 1. The van der Waals surface area contributed by atoms with Crippen molar-refractivity contribution >= 4 is 15.9 Å². The lowest BCUT2D eigenvalue weighted by molar-refractivity contribution is 0.593. The zero-order valence-electron chi connectivity index (χ0n) is 11.4. The second-order valence-electron chi connectivity index (χ2n) is 4.67. The van der Waals surface area contributed by atoms with Crippen LogP contribution >= 0.6 is 15.9 Å². The smallest absolute Gasteiger partial charge is 0.137 e. The molecule has 0 aliphatic rings. The molecule has 0 aromatic heterocycles. The predicted octanol–water partition coefficient (Wildman–Crippen LogP) is 4.73. The third-order valence-corrected chi connectivity index (χ3v) is 3.82. The Bertz CT molecular complexity index is 562. The summed E-state index contributed by atoms with van der Waals surface area (Å²) in [5.41, 5.74) is 2.33. The normalized spacial score (nSPS) is 12.4. The molecule has 0 heterocycles. The van der Waals surface area contributed by atoms with Crippen LogP contribution in [0.3, 0.4) is 0 Å². The van der Waals surface area contributed by atoms with E-state index in [4.69, 9.17) is 0 Å². The van der Waals surface area contributed by atoms with E-state index in [-0.39, 0.29) is 17.7 Å². The van der Waals surface area contributed by atoms with Gasteiger partial charge in [0.05, 0.1) is 10.5 Å². The Hall–Kier alpha value is -1.26. The highest BCUT2D eigenvalue weighted by Gasteiger charge is 2.15. The molecule has 4 heteroatoms. The lowest BCUT2D eigenvalue weighted by Crippen LogP contribution is -2.22. The zero-order chi connectivity index (χ0) is 14.7. The fourth-order valence-electron chi connectivity index (χ4n) is 2.11. The molecule has 2 aromatic carbocycles. The van der Waals surface area contributed by atoms with Crippen LogP contribution in [-0.4, -0.2) is 6.54 Å². The van der Waals surface area contributed by atoms with Crippen molar-refractivity contribution in [1.82, 2.24) is 5.32 Å². The van der Waals surface area contributed by atoms with Gasteiger partial charge in [-0.1, -0.05) is 25.1 Å². The van der Waals surface area contributed by atoms with Gasteiger partial charge in [-0.3, -0.25) is 0 Å². The first-order chi connectivity index (χ1) is 9.52. The van der Waals surface area contributed by atoms with Crippen LogP contribution in [0, 0.1) is 18.6 Å². The molecule has 0 saturated carbocycles. The van der Waals surface area contributed by atoms with E-state index in [0.717, 1.165) is 17.7 Å². The van der Waals surface area contributed by atoms with Crippen molar-refractivity contribution in [2.24, 2.45) is 0 Å². The first-order valence-electron chi connectivity index (χ1n) is 6.47. The molecule has 2 rings (SSSR count). The molecule has 0 aliphatic heterocycles. The molecular formula is C16H16BrF2N. The topological polar surface area (TPSA) is 12.0 Å². The third kappa shape index (κ3) is 3.25. The van der Waals surface area contributed by atoms with Crippen LogP contribution in [0.1, 0.15) is 29.7 Å². The molecule has 106 valence electrons. The van der Waals surface area contributed by atoms with Gasteiger partial charge in [-0.05, 0) is 64.3 Å². The standard InChI is InChI=1S/C16H16BrF2N/c1-3-20-16(11-6-7-14(18)13(17)8-11)12-5-4-10(2)15(19)9-12/h4-9,16,20H,3H2,1-2H3. The van der Waals surface area contributed by atoms with Gasteiger partial charge in [-0.2, -0.15) is 0 Å². The van der Waals surface area contributed by atoms with Crippen molar-refractivity contribution in [3.63, 3.8) is 0 Å². The van der Waals surface area contributed by atoms with Crippen LogP contribution in [0.2, 0.25) is 0 Å². The van der Waals surface area contributed by atoms with Crippen LogP contribution in [0.5, 0.6) is 0 Å². The van der Waals surface area contributed by atoms with Crippen LogP contribution in [0.15, 0.2) is 40.9 Å². The molecule has 2 aromatic rings. The van der Waals surface area contributed by atoms with Gasteiger partial charge in [0.1, 0.15) is 11.6 Å². The summed E-state index contributed by atoms with van der Waals surface area (Å²) in [6.45, 7) is 4.45. The lowest BCUT2D eigenvalue weighted by atomic mass is 9.97. The number of hydrogen-bond acceptors (Lipinski definition) is 1. The van der Waals surface area contributed by atoms with Crippen molar-refractivity contribution in [1.29, 1.82) is 0 Å². The maximum absolute atomic E-state index is 13.7. The van der Waals surface area contributed by atoms with E-state index in [9.17, 15) is 8.78 Å². The molecule has 20 heavy (non-hydrogen) atoms. The van der Waals surface area contributed by atoms with Crippen LogP contribution in [0.25, 0.3) is 0 Å². The highest BCUT2D eigenvalue weighted by Crippen LogP contribution is 2.27.